The van der Waals surface area contributed by atoms with Crippen molar-refractivity contribution in [1.82, 2.24) is 5.32 Å². The smallest absolute Gasteiger partial charge is 0.395 e. The minimum Gasteiger partial charge on any atom is -0.395 e. The third-order valence-corrected chi connectivity index (χ3v) is 2.33. The Morgan fingerprint density at radius 2 is 2.06 bits per heavy atom. The molecule has 1 rings (SSSR count). The summed E-state index contributed by atoms with van der Waals surface area (Å²) < 4.78 is 37.3. The maximum absolute atomic E-state index is 12.4. The van der Waals surface area contributed by atoms with E-state index in [0.717, 1.165) is 12.1 Å². The third-order valence-electron chi connectivity index (χ3n) is 2.33. The molecule has 6 heteroatoms. The highest BCUT2D eigenvalue weighted by Crippen LogP contribution is 2.29. The molecule has 0 aromatic heterocycles. The summed E-state index contributed by atoms with van der Waals surface area (Å²) in [5.74, 6) is -0.290. The van der Waals surface area contributed by atoms with Gasteiger partial charge in [0.05, 0.1) is 12.2 Å². The van der Waals surface area contributed by atoms with E-state index in [0.29, 0.717) is 5.56 Å². The lowest BCUT2D eigenvalue weighted by Gasteiger charge is -2.08. The van der Waals surface area contributed by atoms with E-state index in [-0.39, 0.29) is 31.9 Å². The molecule has 2 N–H and O–H groups in total. The zero-order valence-electron chi connectivity index (χ0n) is 9.63. The van der Waals surface area contributed by atoms with Crippen LogP contribution in [-0.4, -0.2) is 24.2 Å². The molecule has 1 amide bonds. The predicted molar refractivity (Wildman–Crippen MR) is 59.9 cm³/mol. The van der Waals surface area contributed by atoms with Crippen LogP contribution < -0.4 is 5.32 Å². The monoisotopic (exact) mass is 261 g/mol. The molecule has 0 atom stereocenters. The fraction of sp³-hybridized carbons (Fsp3) is 0.417. The molecule has 18 heavy (non-hydrogen) atoms. The first-order valence-electron chi connectivity index (χ1n) is 5.47. The number of carbonyl (C=O) groups excluding carboxylic acids is 1. The van der Waals surface area contributed by atoms with Gasteiger partial charge in [0.15, 0.2) is 0 Å². The Morgan fingerprint density at radius 3 is 2.67 bits per heavy atom. The topological polar surface area (TPSA) is 49.3 Å². The second kappa shape index (κ2) is 6.39. The summed E-state index contributed by atoms with van der Waals surface area (Å²) in [5.41, 5.74) is -0.250. The summed E-state index contributed by atoms with van der Waals surface area (Å²) in [6.07, 6.45) is -4.03. The lowest BCUT2D eigenvalue weighted by Crippen LogP contribution is -2.26. The molecule has 0 unspecified atom stereocenters. The maximum atomic E-state index is 12.4. The van der Waals surface area contributed by atoms with E-state index in [2.05, 4.69) is 5.32 Å². The number of amides is 1. The highest BCUT2D eigenvalue weighted by molar-refractivity contribution is 5.76. The Bertz CT molecular complexity index is 405. The van der Waals surface area contributed by atoms with Gasteiger partial charge < -0.3 is 10.4 Å². The van der Waals surface area contributed by atoms with Crippen LogP contribution in [0.4, 0.5) is 13.2 Å². The zero-order chi connectivity index (χ0) is 13.6. The number of hydrogen-bond donors (Lipinski definition) is 2. The second-order valence-corrected chi connectivity index (χ2v) is 3.77. The Labute approximate surface area is 103 Å². The molecule has 0 heterocycles. The average Bonchev–Trinajstić information content (AvgIpc) is 2.33. The number of benzene rings is 1. The molecule has 0 spiro atoms. The number of alkyl halides is 3. The summed E-state index contributed by atoms with van der Waals surface area (Å²) in [5, 5.41) is 10.9. The molecular weight excluding hydrogens is 247 g/mol. The largest absolute Gasteiger partial charge is 0.416 e. The standard InChI is InChI=1S/C12H14F3NO2/c13-12(14,15)10-3-1-2-9(8-10)4-5-11(18)16-6-7-17/h1-3,8,17H,4-7H2,(H,16,18). The number of rotatable bonds is 5. The number of carbonyl (C=O) groups is 1. The first-order chi connectivity index (χ1) is 8.43. The number of aliphatic hydroxyl groups is 1. The van der Waals surface area contributed by atoms with E-state index in [1.807, 2.05) is 0 Å². The van der Waals surface area contributed by atoms with Gasteiger partial charge in [0.1, 0.15) is 0 Å². The van der Waals surface area contributed by atoms with Crippen molar-refractivity contribution in [1.29, 1.82) is 0 Å². The summed E-state index contributed by atoms with van der Waals surface area (Å²) >= 11 is 0. The number of hydrogen-bond acceptors (Lipinski definition) is 2. The molecule has 0 bridgehead atoms. The Hall–Kier alpha value is -1.56. The van der Waals surface area contributed by atoms with Gasteiger partial charge in [-0.05, 0) is 18.1 Å². The van der Waals surface area contributed by atoms with Gasteiger partial charge in [-0.25, -0.2) is 0 Å². The second-order valence-electron chi connectivity index (χ2n) is 3.77. The Kier molecular flexibility index (Phi) is 5.15. The van der Waals surface area contributed by atoms with Crippen molar-refractivity contribution in [2.45, 2.75) is 19.0 Å². The van der Waals surface area contributed by atoms with E-state index in [1.165, 1.54) is 6.07 Å². The van der Waals surface area contributed by atoms with Crippen molar-refractivity contribution in [2.24, 2.45) is 0 Å². The molecule has 0 aliphatic rings. The molecule has 1 aromatic carbocycles. The van der Waals surface area contributed by atoms with Crippen molar-refractivity contribution in [3.63, 3.8) is 0 Å². The van der Waals surface area contributed by atoms with Crippen molar-refractivity contribution >= 4 is 5.91 Å². The van der Waals surface area contributed by atoms with E-state index < -0.39 is 11.7 Å². The van der Waals surface area contributed by atoms with Crippen LogP contribution in [0, 0.1) is 0 Å². The van der Waals surface area contributed by atoms with Gasteiger partial charge in [0.2, 0.25) is 5.91 Å². The number of aryl methyl sites for hydroxylation is 1. The fourth-order valence-corrected chi connectivity index (χ4v) is 1.44. The Balaban J connectivity index is 2.55. The normalized spacial score (nSPS) is 11.3. The van der Waals surface area contributed by atoms with Gasteiger partial charge in [-0.2, -0.15) is 13.2 Å². The molecule has 0 saturated carbocycles. The highest BCUT2D eigenvalue weighted by atomic mass is 19.4. The van der Waals surface area contributed by atoms with Crippen molar-refractivity contribution in [3.05, 3.63) is 35.4 Å². The SMILES string of the molecule is O=C(CCc1cccc(C(F)(F)F)c1)NCCO. The van der Waals surface area contributed by atoms with Gasteiger partial charge in [-0.15, -0.1) is 0 Å². The highest BCUT2D eigenvalue weighted by Gasteiger charge is 2.30. The molecule has 1 aromatic rings. The molecule has 100 valence electrons. The Morgan fingerprint density at radius 1 is 1.33 bits per heavy atom. The molecule has 0 saturated heterocycles. The van der Waals surface area contributed by atoms with Gasteiger partial charge in [-0.3, -0.25) is 4.79 Å². The van der Waals surface area contributed by atoms with Crippen LogP contribution >= 0.6 is 0 Å². The lowest BCUT2D eigenvalue weighted by atomic mass is 10.1. The van der Waals surface area contributed by atoms with E-state index >= 15 is 0 Å². The molecule has 3 nitrogen and oxygen atoms in total. The number of halogens is 3. The van der Waals surface area contributed by atoms with Crippen LogP contribution in [0.1, 0.15) is 17.5 Å². The first-order valence-corrected chi connectivity index (χ1v) is 5.47. The summed E-state index contributed by atoms with van der Waals surface area (Å²) in [6, 6.07) is 4.91. The maximum Gasteiger partial charge on any atom is 0.416 e. The van der Waals surface area contributed by atoms with Crippen LogP contribution in [0.15, 0.2) is 24.3 Å². The van der Waals surface area contributed by atoms with Gasteiger partial charge in [0, 0.05) is 13.0 Å². The summed E-state index contributed by atoms with van der Waals surface area (Å²) in [6.45, 7) is -0.00325. The van der Waals surface area contributed by atoms with E-state index in [1.54, 1.807) is 6.07 Å². The van der Waals surface area contributed by atoms with Gasteiger partial charge >= 0.3 is 6.18 Å². The van der Waals surface area contributed by atoms with Crippen molar-refractivity contribution in [2.75, 3.05) is 13.2 Å². The minimum atomic E-state index is -4.37. The van der Waals surface area contributed by atoms with E-state index in [9.17, 15) is 18.0 Å². The number of nitrogens with one attached hydrogen (secondary N) is 1. The van der Waals surface area contributed by atoms with Crippen LogP contribution in [0.3, 0.4) is 0 Å². The predicted octanol–water partition coefficient (Wildman–Crippen LogP) is 1.75. The van der Waals surface area contributed by atoms with Crippen LogP contribution in [0.2, 0.25) is 0 Å². The average molecular weight is 261 g/mol. The van der Waals surface area contributed by atoms with Crippen molar-refractivity contribution in [3.8, 4) is 0 Å². The van der Waals surface area contributed by atoms with Crippen LogP contribution in [0.25, 0.3) is 0 Å². The zero-order valence-corrected chi connectivity index (χ0v) is 9.63. The molecule has 0 aliphatic carbocycles. The molecule has 0 aliphatic heterocycles. The quantitative estimate of drug-likeness (QED) is 0.848. The van der Waals surface area contributed by atoms with Gasteiger partial charge in [-0.1, -0.05) is 18.2 Å². The summed E-state index contributed by atoms with van der Waals surface area (Å²) in [7, 11) is 0. The van der Waals surface area contributed by atoms with Crippen LogP contribution in [-0.2, 0) is 17.4 Å². The number of aliphatic hydroxyl groups excluding tert-OH is 1. The van der Waals surface area contributed by atoms with Crippen molar-refractivity contribution < 1.29 is 23.1 Å². The van der Waals surface area contributed by atoms with Gasteiger partial charge in [0.25, 0.3) is 0 Å². The lowest BCUT2D eigenvalue weighted by molar-refractivity contribution is -0.137. The van der Waals surface area contributed by atoms with E-state index in [4.69, 9.17) is 5.11 Å². The third kappa shape index (κ3) is 4.75. The van der Waals surface area contributed by atoms with Crippen LogP contribution in [0.5, 0.6) is 0 Å². The summed E-state index contributed by atoms with van der Waals surface area (Å²) in [4.78, 5) is 11.2. The molecular formula is C12H14F3NO2. The first kappa shape index (κ1) is 14.5. The fourth-order valence-electron chi connectivity index (χ4n) is 1.44. The molecule has 0 fully saturated rings. The molecule has 0 radical (unpaired) electrons. The minimum absolute atomic E-state index is 0.0985.